The molecule has 0 unspecified atom stereocenters. The molecule has 5 nitrogen and oxygen atoms in total. The zero-order chi connectivity index (χ0) is 16.5. The highest BCUT2D eigenvalue weighted by atomic mass is 32.2. The van der Waals surface area contributed by atoms with Gasteiger partial charge >= 0.3 is 5.97 Å². The first-order chi connectivity index (χ1) is 9.55. The summed E-state index contributed by atoms with van der Waals surface area (Å²) in [5.41, 5.74) is 1.95. The molecule has 0 bridgehead atoms. The van der Waals surface area contributed by atoms with Crippen molar-refractivity contribution in [1.29, 1.82) is 0 Å². The number of hydrogen-bond acceptors (Lipinski definition) is 6. The predicted molar refractivity (Wildman–Crippen MR) is 87.3 cm³/mol. The summed E-state index contributed by atoms with van der Waals surface area (Å²) in [6.07, 6.45) is 1.40. The molecule has 6 heteroatoms. The summed E-state index contributed by atoms with van der Waals surface area (Å²) in [4.78, 5) is 17.7. The Morgan fingerprint density at radius 2 is 1.76 bits per heavy atom. The lowest BCUT2D eigenvalue weighted by Crippen LogP contribution is -2.44. The first kappa shape index (κ1) is 20.7. The van der Waals surface area contributed by atoms with Crippen molar-refractivity contribution in [3.8, 4) is 0 Å². The van der Waals surface area contributed by atoms with Gasteiger partial charge in [0.1, 0.15) is 11.6 Å². The lowest BCUT2D eigenvalue weighted by atomic mass is 10.1. The lowest BCUT2D eigenvalue weighted by Gasteiger charge is -2.27. The average Bonchev–Trinajstić information content (AvgIpc) is 2.29. The first-order valence-corrected chi connectivity index (χ1v) is 8.55. The molecule has 0 radical (unpaired) electrons. The van der Waals surface area contributed by atoms with Crippen molar-refractivity contribution in [2.75, 3.05) is 18.1 Å². The van der Waals surface area contributed by atoms with Gasteiger partial charge in [-0.3, -0.25) is 9.63 Å². The van der Waals surface area contributed by atoms with Crippen LogP contribution in [-0.2, 0) is 14.4 Å². The van der Waals surface area contributed by atoms with E-state index < -0.39 is 11.6 Å². The third-order valence-electron chi connectivity index (χ3n) is 2.20. The van der Waals surface area contributed by atoms with E-state index >= 15 is 0 Å². The summed E-state index contributed by atoms with van der Waals surface area (Å²) in [7, 11) is 0. The van der Waals surface area contributed by atoms with Crippen molar-refractivity contribution in [1.82, 2.24) is 5.48 Å². The number of esters is 1. The molecule has 0 aliphatic rings. The Bertz CT molecular complexity index is 297. The van der Waals surface area contributed by atoms with Gasteiger partial charge < -0.3 is 9.84 Å². The van der Waals surface area contributed by atoms with E-state index in [1.807, 2.05) is 41.5 Å². The fraction of sp³-hybridized carbons (Fsp3) is 0.933. The van der Waals surface area contributed by atoms with Crippen LogP contribution >= 0.6 is 11.8 Å². The summed E-state index contributed by atoms with van der Waals surface area (Å²) in [6.45, 7) is 11.5. The van der Waals surface area contributed by atoms with E-state index in [0.717, 1.165) is 17.9 Å². The number of hydroxylamine groups is 1. The van der Waals surface area contributed by atoms with Gasteiger partial charge in [-0.25, -0.2) is 0 Å². The van der Waals surface area contributed by atoms with Gasteiger partial charge in [-0.05, 0) is 65.9 Å². The average molecular weight is 321 g/mol. The third kappa shape index (κ3) is 13.1. The van der Waals surface area contributed by atoms with E-state index in [0.29, 0.717) is 6.42 Å². The number of carbonyl (C=O) groups is 1. The minimum absolute atomic E-state index is 0.202. The molecule has 0 saturated carbocycles. The second kappa shape index (κ2) is 9.66. The smallest absolute Gasteiger partial charge is 0.326 e. The normalized spacial score (nSPS) is 14.0. The molecule has 0 heterocycles. The third-order valence-corrected chi connectivity index (χ3v) is 3.30. The van der Waals surface area contributed by atoms with Crippen molar-refractivity contribution >= 4 is 17.7 Å². The number of thioether (sulfide) groups is 1. The topological polar surface area (TPSA) is 67.8 Å². The van der Waals surface area contributed by atoms with E-state index in [2.05, 4.69) is 5.48 Å². The molecule has 0 aromatic heterocycles. The number of hydrogen-bond donors (Lipinski definition) is 2. The summed E-state index contributed by atoms with van der Waals surface area (Å²) in [5.74, 6) is 1.40. The van der Waals surface area contributed by atoms with Crippen molar-refractivity contribution in [3.63, 3.8) is 0 Å². The van der Waals surface area contributed by atoms with Crippen LogP contribution in [0.15, 0.2) is 0 Å². The second-order valence-electron chi connectivity index (χ2n) is 6.90. The Morgan fingerprint density at radius 1 is 1.14 bits per heavy atom. The van der Waals surface area contributed by atoms with Crippen molar-refractivity contribution < 1.29 is 19.5 Å². The Kier molecular flexibility index (Phi) is 9.53. The monoisotopic (exact) mass is 321 g/mol. The number of ether oxygens (including phenoxy) is 1. The molecule has 1 atom stereocenters. The minimum atomic E-state index is -0.511. The van der Waals surface area contributed by atoms with Crippen LogP contribution in [0.3, 0.4) is 0 Å². The van der Waals surface area contributed by atoms with Crippen LogP contribution in [0.25, 0.3) is 0 Å². The standard InChI is InChI=1S/C15H31NO4S/c1-14(2,3)19-13(18)12(16-20-15(4,5)6)8-11-21-10-7-9-17/h12,16-17H,7-11H2,1-6H3/t12-/m1/s1. The molecule has 0 saturated heterocycles. The summed E-state index contributed by atoms with van der Waals surface area (Å²) in [6, 6.07) is -0.481. The maximum absolute atomic E-state index is 12.2. The first-order valence-electron chi connectivity index (χ1n) is 7.40. The molecule has 0 fully saturated rings. The Hall–Kier alpha value is -0.300. The van der Waals surface area contributed by atoms with E-state index in [4.69, 9.17) is 14.7 Å². The fourth-order valence-electron chi connectivity index (χ4n) is 1.32. The number of nitrogens with one attached hydrogen (secondary N) is 1. The highest BCUT2D eigenvalue weighted by molar-refractivity contribution is 7.99. The number of carbonyl (C=O) groups excluding carboxylic acids is 1. The van der Waals surface area contributed by atoms with Gasteiger partial charge in [-0.1, -0.05) is 0 Å². The van der Waals surface area contributed by atoms with Crippen molar-refractivity contribution in [2.45, 2.75) is 71.6 Å². The molecule has 0 aromatic rings. The summed E-state index contributed by atoms with van der Waals surface area (Å²) < 4.78 is 5.41. The molecular weight excluding hydrogens is 290 g/mol. The van der Waals surface area contributed by atoms with Gasteiger partial charge in [-0.2, -0.15) is 17.2 Å². The van der Waals surface area contributed by atoms with Crippen LogP contribution < -0.4 is 5.48 Å². The van der Waals surface area contributed by atoms with Crippen LogP contribution in [-0.4, -0.2) is 46.4 Å². The Balaban J connectivity index is 4.36. The lowest BCUT2D eigenvalue weighted by molar-refractivity contribution is -0.167. The van der Waals surface area contributed by atoms with E-state index in [1.54, 1.807) is 11.8 Å². The zero-order valence-corrected chi connectivity index (χ0v) is 15.0. The molecule has 0 aromatic carbocycles. The quantitative estimate of drug-likeness (QED) is 0.386. The van der Waals surface area contributed by atoms with Gasteiger partial charge in [0.2, 0.25) is 0 Å². The predicted octanol–water partition coefficient (Wildman–Crippen LogP) is 2.52. The summed E-state index contributed by atoms with van der Waals surface area (Å²) in [5, 5.41) is 8.74. The Labute approximate surface area is 133 Å². The molecule has 0 amide bonds. The molecular formula is C15H31NO4S. The van der Waals surface area contributed by atoms with Gasteiger partial charge in [0.05, 0.1) is 5.60 Å². The molecule has 0 aliphatic carbocycles. The van der Waals surface area contributed by atoms with Gasteiger partial charge in [-0.15, -0.1) is 0 Å². The largest absolute Gasteiger partial charge is 0.459 e. The van der Waals surface area contributed by atoms with Gasteiger partial charge in [0, 0.05) is 6.61 Å². The number of aliphatic hydroxyl groups is 1. The molecule has 2 N–H and O–H groups in total. The summed E-state index contributed by atoms with van der Waals surface area (Å²) >= 11 is 1.71. The highest BCUT2D eigenvalue weighted by Crippen LogP contribution is 2.14. The van der Waals surface area contributed by atoms with E-state index in [-0.39, 0.29) is 18.2 Å². The van der Waals surface area contributed by atoms with E-state index in [1.165, 1.54) is 0 Å². The van der Waals surface area contributed by atoms with Crippen molar-refractivity contribution in [3.05, 3.63) is 0 Å². The number of aliphatic hydroxyl groups excluding tert-OH is 1. The van der Waals surface area contributed by atoms with Crippen LogP contribution in [0, 0.1) is 0 Å². The molecule has 0 aliphatic heterocycles. The van der Waals surface area contributed by atoms with Crippen LogP contribution in [0.1, 0.15) is 54.4 Å². The maximum Gasteiger partial charge on any atom is 0.326 e. The highest BCUT2D eigenvalue weighted by Gasteiger charge is 2.26. The second-order valence-corrected chi connectivity index (χ2v) is 8.12. The van der Waals surface area contributed by atoms with Crippen LogP contribution in [0.4, 0.5) is 0 Å². The Morgan fingerprint density at radius 3 is 2.24 bits per heavy atom. The fourth-order valence-corrected chi connectivity index (χ4v) is 2.26. The minimum Gasteiger partial charge on any atom is -0.459 e. The number of rotatable bonds is 9. The molecule has 0 rings (SSSR count). The SMILES string of the molecule is CC(C)(C)ON[C@H](CCSCCCO)C(=O)OC(C)(C)C. The van der Waals surface area contributed by atoms with Gasteiger partial charge in [0.15, 0.2) is 0 Å². The van der Waals surface area contributed by atoms with Crippen LogP contribution in [0.5, 0.6) is 0 Å². The van der Waals surface area contributed by atoms with Crippen molar-refractivity contribution in [2.24, 2.45) is 0 Å². The van der Waals surface area contributed by atoms with Gasteiger partial charge in [0.25, 0.3) is 0 Å². The van der Waals surface area contributed by atoms with E-state index in [9.17, 15) is 4.79 Å². The molecule has 126 valence electrons. The molecule has 21 heavy (non-hydrogen) atoms. The zero-order valence-electron chi connectivity index (χ0n) is 14.2. The van der Waals surface area contributed by atoms with Crippen LogP contribution in [0.2, 0.25) is 0 Å². The molecule has 0 spiro atoms. The maximum atomic E-state index is 12.2.